The molecule has 0 unspecified atom stereocenters. The molecule has 0 spiro atoms. The van der Waals surface area contributed by atoms with E-state index in [1.165, 1.54) is 6.26 Å². The molecule has 0 radical (unpaired) electrons. The standard InChI is InChI=1S/C10H14O2S.C9H15NO2S.C9H12O2S.C8H18O2S.C7H17NO2S.C7H16O2S.C6H14O2S.C5H12O2S.C4H10O2S/c1-9(2)13(11,12)8-10-6-4-3-5-7-10;1-8(2)13(11,12)7-9-4-5-10(3)6-9;1-8(2)12(10,11)9-6-4-3-5-7-9;1-7(2)11(9,10)6-8(3,4)5;1-6(2)11(9,10)8-7(3,4)5;1-6(2)10(8,9)7(3,4)5;1-5(2)9(7,8)6(3)4;1-4-8(6,7)5(2)3;1-4(2)7(3,5)6/h3-7,9H,8H2,1-2H3;4-6,8H,7H2,1-3H3;3-8H,1-2H3;7H,6H2,1-5H3;6,8H,1-5H3;6H,1-5H3;5-6H,1-4H3;5H,4H2,1-3H3;4H,1-3H3. The Bertz CT molecular complexity index is 3580. The number of rotatable bonds is 18. The van der Waals surface area contributed by atoms with Gasteiger partial charge in [-0.2, -0.15) is 0 Å². The van der Waals surface area contributed by atoms with Crippen LogP contribution in [0.25, 0.3) is 0 Å². The molecule has 560 valence electrons. The second-order valence-corrected chi connectivity index (χ2v) is 52.6. The van der Waals surface area contributed by atoms with Crippen LogP contribution in [0.1, 0.15) is 219 Å². The van der Waals surface area contributed by atoms with Crippen LogP contribution in [0, 0.1) is 5.41 Å². The van der Waals surface area contributed by atoms with Crippen molar-refractivity contribution in [1.29, 1.82) is 0 Å². The van der Waals surface area contributed by atoms with E-state index < -0.39 is 93.5 Å². The van der Waals surface area contributed by atoms with Crippen molar-refractivity contribution in [3.05, 3.63) is 90.3 Å². The maximum Gasteiger partial charge on any atom is 0.214 e. The van der Waals surface area contributed by atoms with E-state index in [1.54, 1.807) is 197 Å². The SMILES string of the molecule is CC(C)S(=O)(=O)C(C)(C)C.CC(C)S(=O)(=O)C(C)C.CC(C)S(=O)(=O)CC(C)(C)C.CC(C)S(=O)(=O)Cc1ccccc1.CC(C)S(=O)(=O)Cc1ccn(C)c1.CC(C)S(=O)(=O)NC(C)(C)C.CC(C)S(=O)(=O)c1ccccc1.CC(C)S(C)(=O)=O.CCS(=O)(=O)C(C)C. The Hall–Kier alpha value is -2.77. The largest absolute Gasteiger partial charge is 0.357 e. The number of hydrogen-bond acceptors (Lipinski definition) is 18. The molecule has 1 heterocycles. The predicted molar refractivity (Wildman–Crippen MR) is 399 cm³/mol. The average molecular weight is 1510 g/mol. The van der Waals surface area contributed by atoms with Crippen LogP contribution in [0.2, 0.25) is 0 Å². The lowest BCUT2D eigenvalue weighted by Crippen LogP contribution is -2.43. The zero-order valence-electron chi connectivity index (χ0n) is 63.1. The molecule has 1 aromatic heterocycles. The van der Waals surface area contributed by atoms with Gasteiger partial charge < -0.3 is 4.57 Å². The molecule has 2 aromatic carbocycles. The summed E-state index contributed by atoms with van der Waals surface area (Å²) in [6.07, 6.45) is 4.92. The van der Waals surface area contributed by atoms with Crippen molar-refractivity contribution in [3.63, 3.8) is 0 Å². The normalized spacial score (nSPS) is 12.9. The van der Waals surface area contributed by atoms with Gasteiger partial charge in [0, 0.05) is 37.0 Å². The molecule has 0 bridgehead atoms. The second kappa shape index (κ2) is 43.0. The first-order valence-electron chi connectivity index (χ1n) is 31.3. The third kappa shape index (κ3) is 46.5. The molecular formula is C65H128N2O18S9. The maximum absolute atomic E-state index is 11.5. The first-order valence-corrected chi connectivity index (χ1v) is 46.4. The van der Waals surface area contributed by atoms with Crippen LogP contribution in [-0.2, 0) is 107 Å². The van der Waals surface area contributed by atoms with Gasteiger partial charge in [0.1, 0.15) is 9.84 Å². The fourth-order valence-corrected chi connectivity index (χ4v) is 14.6. The molecule has 0 fully saturated rings. The summed E-state index contributed by atoms with van der Waals surface area (Å²) in [5.41, 5.74) is 1.22. The summed E-state index contributed by atoms with van der Waals surface area (Å²) >= 11 is 0. The summed E-state index contributed by atoms with van der Waals surface area (Å²) in [5.74, 6) is 0.819. The van der Waals surface area contributed by atoms with Crippen LogP contribution >= 0.6 is 0 Å². The van der Waals surface area contributed by atoms with E-state index in [4.69, 9.17) is 0 Å². The van der Waals surface area contributed by atoms with Crippen molar-refractivity contribution >= 4 is 88.7 Å². The minimum atomic E-state index is -3.11. The van der Waals surface area contributed by atoms with E-state index in [1.807, 2.05) is 102 Å². The van der Waals surface area contributed by atoms with Gasteiger partial charge in [0.05, 0.1) is 79.4 Å². The molecule has 1 N–H and O–H groups in total. The van der Waals surface area contributed by atoms with E-state index >= 15 is 0 Å². The number of benzene rings is 2. The van der Waals surface area contributed by atoms with E-state index in [2.05, 4.69) is 4.72 Å². The topological polar surface area (TPSA) is 324 Å². The van der Waals surface area contributed by atoms with Crippen LogP contribution in [0.5, 0.6) is 0 Å². The molecule has 20 nitrogen and oxygen atoms in total. The summed E-state index contributed by atoms with van der Waals surface area (Å²) in [5, 5.41) is -2.74. The van der Waals surface area contributed by atoms with E-state index in [0.717, 1.165) is 11.1 Å². The molecular weight excluding hydrogens is 1390 g/mol. The summed E-state index contributed by atoms with van der Waals surface area (Å²) in [6.45, 7) is 52.0. The molecule has 0 amide bonds. The minimum Gasteiger partial charge on any atom is -0.357 e. The second-order valence-electron chi connectivity index (χ2n) is 28.4. The first-order chi connectivity index (χ1) is 41.3. The maximum atomic E-state index is 11.5. The number of nitrogens with one attached hydrogen (secondary N) is 1. The zero-order valence-corrected chi connectivity index (χ0v) is 70.4. The van der Waals surface area contributed by atoms with Gasteiger partial charge in [-0.1, -0.05) is 76.2 Å². The Morgan fingerprint density at radius 3 is 0.894 bits per heavy atom. The number of aromatic nitrogens is 1. The average Bonchev–Trinajstić information content (AvgIpc) is 0.997. The molecule has 0 saturated heterocycles. The van der Waals surface area contributed by atoms with E-state index in [-0.39, 0.29) is 86.5 Å². The van der Waals surface area contributed by atoms with Gasteiger partial charge in [-0.3, -0.25) is 0 Å². The first kappa shape index (κ1) is 102. The number of nitrogens with zero attached hydrogens (tertiary/aromatic N) is 1. The van der Waals surface area contributed by atoms with Crippen LogP contribution in [-0.4, -0.2) is 161 Å². The lowest BCUT2D eigenvalue weighted by molar-refractivity contribution is 0.459. The third-order valence-corrected chi connectivity index (χ3v) is 33.7. The van der Waals surface area contributed by atoms with Gasteiger partial charge >= 0.3 is 0 Å². The summed E-state index contributed by atoms with van der Waals surface area (Å²) in [6, 6.07) is 19.6. The van der Waals surface area contributed by atoms with Crippen molar-refractivity contribution in [3.8, 4) is 0 Å². The molecule has 94 heavy (non-hydrogen) atoms. The highest BCUT2D eigenvalue weighted by Gasteiger charge is 2.32. The fourth-order valence-electron chi connectivity index (χ4n) is 5.80. The van der Waals surface area contributed by atoms with Gasteiger partial charge in [0.25, 0.3) is 0 Å². The highest BCUT2D eigenvalue weighted by atomic mass is 32.2. The van der Waals surface area contributed by atoms with Crippen molar-refractivity contribution in [2.75, 3.05) is 17.8 Å². The number of aryl methyl sites for hydroxylation is 1. The number of sulfonamides is 1. The Morgan fingerprint density at radius 1 is 0.394 bits per heavy atom. The molecule has 0 aliphatic heterocycles. The molecule has 0 atom stereocenters. The lowest BCUT2D eigenvalue weighted by Gasteiger charge is -2.21. The molecule has 29 heteroatoms. The van der Waals surface area contributed by atoms with Gasteiger partial charge in [-0.25, -0.2) is 80.5 Å². The predicted octanol–water partition coefficient (Wildman–Crippen LogP) is 12.3. The van der Waals surface area contributed by atoms with Crippen LogP contribution in [0.15, 0.2) is 84.0 Å². The Morgan fingerprint density at radius 2 is 0.723 bits per heavy atom. The van der Waals surface area contributed by atoms with Crippen LogP contribution in [0.4, 0.5) is 0 Å². The highest BCUT2D eigenvalue weighted by molar-refractivity contribution is 7.94. The molecule has 3 rings (SSSR count). The quantitative estimate of drug-likeness (QED) is 0.124. The smallest absolute Gasteiger partial charge is 0.214 e. The number of sulfone groups is 8. The van der Waals surface area contributed by atoms with Gasteiger partial charge in [-0.05, 0) is 215 Å². The van der Waals surface area contributed by atoms with Crippen molar-refractivity contribution in [1.82, 2.24) is 9.29 Å². The van der Waals surface area contributed by atoms with Crippen molar-refractivity contribution in [2.24, 2.45) is 12.5 Å². The van der Waals surface area contributed by atoms with Crippen LogP contribution in [0.3, 0.4) is 0 Å². The molecule has 0 saturated carbocycles. The van der Waals surface area contributed by atoms with Gasteiger partial charge in [0.2, 0.25) is 10.0 Å². The zero-order chi connectivity index (χ0) is 76.8. The molecule has 3 aromatic rings. The number of hydrogen-bond donors (Lipinski definition) is 1. The lowest BCUT2D eigenvalue weighted by atomic mass is 10.0. The minimum absolute atomic E-state index is 0.122. The fraction of sp³-hybridized carbons (Fsp3) is 0.754. The summed E-state index contributed by atoms with van der Waals surface area (Å²) < 4.78 is 205. The molecule has 0 aliphatic rings. The van der Waals surface area contributed by atoms with Gasteiger partial charge in [0.15, 0.2) is 68.9 Å². The summed E-state index contributed by atoms with van der Waals surface area (Å²) in [7, 11) is -24.3. The van der Waals surface area contributed by atoms with E-state index in [9.17, 15) is 75.8 Å². The summed E-state index contributed by atoms with van der Waals surface area (Å²) in [4.78, 5) is 0.403. The highest BCUT2D eigenvalue weighted by Crippen LogP contribution is 2.21. The van der Waals surface area contributed by atoms with Crippen molar-refractivity contribution in [2.45, 2.75) is 287 Å². The Balaban J connectivity index is -0.000000233. The monoisotopic (exact) mass is 1510 g/mol. The Labute approximate surface area is 576 Å². The third-order valence-electron chi connectivity index (χ3n) is 12.8. The van der Waals surface area contributed by atoms with Crippen molar-refractivity contribution < 1.29 is 75.8 Å². The Kier molecular flexibility index (Phi) is 46.8. The van der Waals surface area contributed by atoms with Gasteiger partial charge in [-0.15, -0.1) is 0 Å². The van der Waals surface area contributed by atoms with E-state index in [0.29, 0.717) is 4.90 Å². The van der Waals surface area contributed by atoms with Crippen LogP contribution < -0.4 is 4.72 Å². The molecule has 0 aliphatic carbocycles.